The maximum Gasteiger partial charge on any atom is 0.280 e. The van der Waals surface area contributed by atoms with Crippen LogP contribution < -0.4 is 10.2 Å². The molecule has 0 aromatic heterocycles. The topological polar surface area (TPSA) is 93.8 Å². The SMILES string of the molecule is CC(Oc1ccc(Br)cc1)C(=O)NN=Cc1ccccc1[N+](=O)[O-]. The van der Waals surface area contributed by atoms with Crippen molar-refractivity contribution in [1.29, 1.82) is 0 Å². The number of nitrogens with zero attached hydrogens (tertiary/aromatic N) is 2. The summed E-state index contributed by atoms with van der Waals surface area (Å²) < 4.78 is 6.38. The van der Waals surface area contributed by atoms with Gasteiger partial charge in [0.25, 0.3) is 11.6 Å². The van der Waals surface area contributed by atoms with Crippen molar-refractivity contribution in [2.75, 3.05) is 0 Å². The second-order valence-corrected chi connectivity index (χ2v) is 5.68. The van der Waals surface area contributed by atoms with E-state index in [1.165, 1.54) is 18.3 Å². The molecule has 24 heavy (non-hydrogen) atoms. The van der Waals surface area contributed by atoms with Crippen LogP contribution in [-0.2, 0) is 4.79 Å². The van der Waals surface area contributed by atoms with Gasteiger partial charge in [0.05, 0.1) is 16.7 Å². The number of halogens is 1. The number of nitro benzene ring substituents is 1. The molecular formula is C16H14BrN3O4. The van der Waals surface area contributed by atoms with Gasteiger partial charge in [-0.1, -0.05) is 28.1 Å². The molecule has 8 heteroatoms. The second kappa shape index (κ2) is 8.21. The summed E-state index contributed by atoms with van der Waals surface area (Å²) in [6.45, 7) is 1.58. The van der Waals surface area contributed by atoms with Gasteiger partial charge in [0.1, 0.15) is 5.75 Å². The largest absolute Gasteiger partial charge is 0.481 e. The van der Waals surface area contributed by atoms with E-state index in [0.29, 0.717) is 11.3 Å². The van der Waals surface area contributed by atoms with Crippen LogP contribution in [0.5, 0.6) is 5.75 Å². The monoisotopic (exact) mass is 391 g/mol. The lowest BCUT2D eigenvalue weighted by Gasteiger charge is -2.12. The molecule has 0 fully saturated rings. The molecule has 1 N–H and O–H groups in total. The van der Waals surface area contributed by atoms with E-state index in [9.17, 15) is 14.9 Å². The molecule has 2 aromatic rings. The second-order valence-electron chi connectivity index (χ2n) is 4.76. The van der Waals surface area contributed by atoms with Crippen molar-refractivity contribution in [3.8, 4) is 5.75 Å². The molecule has 0 saturated carbocycles. The minimum atomic E-state index is -0.769. The summed E-state index contributed by atoms with van der Waals surface area (Å²) in [4.78, 5) is 22.3. The minimum absolute atomic E-state index is 0.0883. The van der Waals surface area contributed by atoms with E-state index < -0.39 is 16.9 Å². The van der Waals surface area contributed by atoms with Crippen molar-refractivity contribution in [3.05, 3.63) is 68.7 Å². The Balaban J connectivity index is 1.95. The number of amides is 1. The molecule has 124 valence electrons. The molecule has 1 atom stereocenters. The molecule has 0 aliphatic rings. The Labute approximate surface area is 146 Å². The summed E-state index contributed by atoms with van der Waals surface area (Å²) >= 11 is 3.31. The van der Waals surface area contributed by atoms with Crippen LogP contribution in [0.15, 0.2) is 58.1 Å². The Morgan fingerprint density at radius 2 is 1.96 bits per heavy atom. The van der Waals surface area contributed by atoms with Crippen LogP contribution in [0.4, 0.5) is 5.69 Å². The first-order chi connectivity index (χ1) is 11.5. The number of nitrogens with one attached hydrogen (secondary N) is 1. The molecule has 0 bridgehead atoms. The van der Waals surface area contributed by atoms with Crippen LogP contribution in [0, 0.1) is 10.1 Å². The third-order valence-electron chi connectivity index (χ3n) is 3.01. The lowest BCUT2D eigenvalue weighted by molar-refractivity contribution is -0.385. The fourth-order valence-corrected chi connectivity index (χ4v) is 2.05. The molecule has 2 rings (SSSR count). The van der Waals surface area contributed by atoms with Gasteiger partial charge in [-0.15, -0.1) is 0 Å². The molecule has 2 aromatic carbocycles. The van der Waals surface area contributed by atoms with Gasteiger partial charge in [0.15, 0.2) is 6.10 Å². The molecule has 1 unspecified atom stereocenters. The molecule has 7 nitrogen and oxygen atoms in total. The lowest BCUT2D eigenvalue weighted by atomic mass is 10.2. The van der Waals surface area contributed by atoms with Crippen LogP contribution in [0.1, 0.15) is 12.5 Å². The van der Waals surface area contributed by atoms with Crippen LogP contribution in [0.25, 0.3) is 0 Å². The third kappa shape index (κ3) is 4.88. The number of hydrogen-bond acceptors (Lipinski definition) is 5. The Bertz CT molecular complexity index is 762. The zero-order valence-corrected chi connectivity index (χ0v) is 14.3. The van der Waals surface area contributed by atoms with Crippen LogP contribution in [0.2, 0.25) is 0 Å². The highest BCUT2D eigenvalue weighted by Gasteiger charge is 2.14. The highest BCUT2D eigenvalue weighted by Crippen LogP contribution is 2.17. The van der Waals surface area contributed by atoms with Crippen molar-refractivity contribution in [2.24, 2.45) is 5.10 Å². The number of rotatable bonds is 6. The average molecular weight is 392 g/mol. The third-order valence-corrected chi connectivity index (χ3v) is 3.54. The first-order valence-corrected chi connectivity index (χ1v) is 7.75. The van der Waals surface area contributed by atoms with E-state index in [1.807, 2.05) is 0 Å². The Morgan fingerprint density at radius 1 is 1.29 bits per heavy atom. The van der Waals surface area contributed by atoms with E-state index in [1.54, 1.807) is 43.3 Å². The van der Waals surface area contributed by atoms with E-state index >= 15 is 0 Å². The Hall–Kier alpha value is -2.74. The van der Waals surface area contributed by atoms with Crippen molar-refractivity contribution in [1.82, 2.24) is 5.43 Å². The van der Waals surface area contributed by atoms with Gasteiger partial charge in [0.2, 0.25) is 0 Å². The van der Waals surface area contributed by atoms with Crippen LogP contribution >= 0.6 is 15.9 Å². The number of carbonyl (C=O) groups is 1. The predicted molar refractivity (Wildman–Crippen MR) is 93.1 cm³/mol. The summed E-state index contributed by atoms with van der Waals surface area (Å²) in [6.07, 6.45) is 0.455. The quantitative estimate of drug-likeness (QED) is 0.464. The van der Waals surface area contributed by atoms with Gasteiger partial charge in [-0.2, -0.15) is 5.10 Å². The van der Waals surface area contributed by atoms with E-state index in [0.717, 1.165) is 4.47 Å². The molecule has 0 heterocycles. The van der Waals surface area contributed by atoms with Crippen LogP contribution in [0.3, 0.4) is 0 Å². The molecule has 1 amide bonds. The van der Waals surface area contributed by atoms with Gasteiger partial charge in [-0.05, 0) is 37.3 Å². The number of hydrogen-bond donors (Lipinski definition) is 1. The van der Waals surface area contributed by atoms with Crippen molar-refractivity contribution in [2.45, 2.75) is 13.0 Å². The highest BCUT2D eigenvalue weighted by molar-refractivity contribution is 9.10. The molecule has 0 radical (unpaired) electrons. The first kappa shape index (κ1) is 17.6. The average Bonchev–Trinajstić information content (AvgIpc) is 2.57. The van der Waals surface area contributed by atoms with E-state index in [2.05, 4.69) is 26.5 Å². The molecular weight excluding hydrogens is 378 g/mol. The fraction of sp³-hybridized carbons (Fsp3) is 0.125. The number of nitro groups is 1. The molecule has 0 spiro atoms. The minimum Gasteiger partial charge on any atom is -0.481 e. The van der Waals surface area contributed by atoms with Crippen molar-refractivity contribution < 1.29 is 14.5 Å². The maximum absolute atomic E-state index is 11.9. The number of carbonyl (C=O) groups excluding carboxylic acids is 1. The molecule has 0 saturated heterocycles. The number of para-hydroxylation sites is 1. The summed E-state index contributed by atoms with van der Waals surface area (Å²) in [6, 6.07) is 13.2. The van der Waals surface area contributed by atoms with E-state index in [-0.39, 0.29) is 5.69 Å². The normalized spacial score (nSPS) is 11.9. The van der Waals surface area contributed by atoms with Crippen LogP contribution in [-0.4, -0.2) is 23.1 Å². The van der Waals surface area contributed by atoms with Gasteiger partial charge in [-0.3, -0.25) is 14.9 Å². The fourth-order valence-electron chi connectivity index (χ4n) is 1.79. The number of ether oxygens (including phenoxy) is 1. The smallest absolute Gasteiger partial charge is 0.280 e. The van der Waals surface area contributed by atoms with Gasteiger partial charge in [0, 0.05) is 10.5 Å². The zero-order chi connectivity index (χ0) is 17.5. The summed E-state index contributed by atoms with van der Waals surface area (Å²) in [5.74, 6) is 0.0799. The number of benzene rings is 2. The predicted octanol–water partition coefficient (Wildman–Crippen LogP) is 3.27. The van der Waals surface area contributed by atoms with Crippen molar-refractivity contribution in [3.63, 3.8) is 0 Å². The standard InChI is InChI=1S/C16H14BrN3O4/c1-11(24-14-8-6-13(17)7-9-14)16(21)19-18-10-12-4-2-3-5-15(12)20(22)23/h2-11H,1H3,(H,19,21). The molecule has 0 aliphatic carbocycles. The Morgan fingerprint density at radius 3 is 2.62 bits per heavy atom. The van der Waals surface area contributed by atoms with E-state index in [4.69, 9.17) is 4.74 Å². The van der Waals surface area contributed by atoms with Gasteiger partial charge in [-0.25, -0.2) is 5.43 Å². The lowest BCUT2D eigenvalue weighted by Crippen LogP contribution is -2.33. The first-order valence-electron chi connectivity index (χ1n) is 6.96. The summed E-state index contributed by atoms with van der Waals surface area (Å²) in [5, 5.41) is 14.6. The summed E-state index contributed by atoms with van der Waals surface area (Å²) in [5.41, 5.74) is 2.51. The highest BCUT2D eigenvalue weighted by atomic mass is 79.9. The van der Waals surface area contributed by atoms with Crippen molar-refractivity contribution >= 4 is 33.7 Å². The Kier molecular flexibility index (Phi) is 6.02. The van der Waals surface area contributed by atoms with Gasteiger partial charge < -0.3 is 4.74 Å². The number of hydrazone groups is 1. The molecule has 0 aliphatic heterocycles. The maximum atomic E-state index is 11.9. The zero-order valence-electron chi connectivity index (χ0n) is 12.7. The van der Waals surface area contributed by atoms with Gasteiger partial charge >= 0.3 is 0 Å². The summed E-state index contributed by atoms with van der Waals surface area (Å²) in [7, 11) is 0.